The number of ether oxygens (including phenoxy) is 1. The minimum Gasteiger partial charge on any atom is -0.487 e. The Morgan fingerprint density at radius 3 is 2.41 bits per heavy atom. The molecule has 1 aromatic heterocycles. The van der Waals surface area contributed by atoms with Gasteiger partial charge in [-0.25, -0.2) is 17.9 Å². The molecule has 12 nitrogen and oxygen atoms in total. The number of aromatic nitrogens is 1. The Labute approximate surface area is 268 Å². The van der Waals surface area contributed by atoms with Crippen LogP contribution in [0.25, 0.3) is 0 Å². The first-order valence-corrected chi connectivity index (χ1v) is 16.5. The maximum atomic E-state index is 13.4. The lowest BCUT2D eigenvalue weighted by atomic mass is 9.88. The Morgan fingerprint density at radius 2 is 1.74 bits per heavy atom. The first-order chi connectivity index (χ1) is 21.6. The summed E-state index contributed by atoms with van der Waals surface area (Å²) in [6.07, 6.45) is 1.59. The van der Waals surface area contributed by atoms with Gasteiger partial charge in [0.1, 0.15) is 23.1 Å². The van der Waals surface area contributed by atoms with Crippen molar-refractivity contribution < 1.29 is 27.9 Å². The molecule has 0 aliphatic carbocycles. The maximum Gasteiger partial charge on any atom is 0.326 e. The fraction of sp³-hybridized carbons (Fsp3) is 0.394. The highest BCUT2D eigenvalue weighted by Gasteiger charge is 2.33. The standard InChI is InChI=1S/C33H41N5O7S/c1-20-21(2)29(22(3)24-16-17-33(4,5)45-28(20)24)46(43,44)37-32(34)35-18-10-13-25(31(41)42)36-30(40)26-14-9-15-27(39)38(26)19-23-11-7-6-8-12-23/h6-9,11-12,14-15,25H,10,13,16-19H2,1-5H3,(H,36,40)(H,41,42)(H3,34,35,37)/t25-/m0/s1. The molecule has 0 spiro atoms. The van der Waals surface area contributed by atoms with Crippen LogP contribution in [0.2, 0.25) is 0 Å². The summed E-state index contributed by atoms with van der Waals surface area (Å²) < 4.78 is 36.6. The van der Waals surface area contributed by atoms with E-state index in [9.17, 15) is 27.9 Å². The first-order valence-electron chi connectivity index (χ1n) is 15.1. The van der Waals surface area contributed by atoms with Crippen molar-refractivity contribution in [2.45, 2.75) is 83.4 Å². The van der Waals surface area contributed by atoms with E-state index in [0.29, 0.717) is 23.3 Å². The molecule has 2 heterocycles. The van der Waals surface area contributed by atoms with E-state index in [0.717, 1.165) is 23.1 Å². The van der Waals surface area contributed by atoms with Crippen LogP contribution >= 0.6 is 0 Å². The van der Waals surface area contributed by atoms with Crippen molar-refractivity contribution in [3.8, 4) is 5.75 Å². The SMILES string of the molecule is Cc1c(C)c(S(=O)(=O)NC(=N)NCCC[C@H](NC(=O)c2cccc(=O)n2Cc2ccccc2)C(=O)O)c(C)c2c1OC(C)(C)CC2. The van der Waals surface area contributed by atoms with Crippen LogP contribution in [0.4, 0.5) is 0 Å². The average Bonchev–Trinajstić information content (AvgIpc) is 2.98. The highest BCUT2D eigenvalue weighted by Crippen LogP contribution is 2.42. The van der Waals surface area contributed by atoms with Crippen LogP contribution in [0.15, 0.2) is 58.2 Å². The summed E-state index contributed by atoms with van der Waals surface area (Å²) in [5, 5.41) is 23.1. The first kappa shape index (κ1) is 34.2. The van der Waals surface area contributed by atoms with E-state index < -0.39 is 39.5 Å². The zero-order chi connectivity index (χ0) is 33.8. The van der Waals surface area contributed by atoms with Gasteiger partial charge in [0.15, 0.2) is 0 Å². The number of carboxylic acid groups (broad SMARTS) is 1. The third-order valence-electron chi connectivity index (χ3n) is 8.21. The molecule has 1 amide bonds. The summed E-state index contributed by atoms with van der Waals surface area (Å²) in [6.45, 7) is 9.50. The number of carboxylic acids is 1. The van der Waals surface area contributed by atoms with Gasteiger partial charge in [0.25, 0.3) is 21.5 Å². The molecule has 0 bridgehead atoms. The van der Waals surface area contributed by atoms with E-state index in [1.165, 1.54) is 22.8 Å². The number of sulfonamides is 1. The van der Waals surface area contributed by atoms with Crippen molar-refractivity contribution >= 4 is 27.9 Å². The lowest BCUT2D eigenvalue weighted by Gasteiger charge is -2.35. The summed E-state index contributed by atoms with van der Waals surface area (Å²) in [4.78, 5) is 37.7. The number of rotatable bonds is 11. The Balaban J connectivity index is 1.36. The quantitative estimate of drug-likeness (QED) is 0.119. The number of benzene rings is 2. The zero-order valence-electron chi connectivity index (χ0n) is 26.7. The average molecular weight is 652 g/mol. The van der Waals surface area contributed by atoms with Crippen LogP contribution in [-0.2, 0) is 27.8 Å². The summed E-state index contributed by atoms with van der Waals surface area (Å²) in [5.74, 6) is -1.73. The molecular formula is C33H41N5O7S. The minimum absolute atomic E-state index is 0.0115. The van der Waals surface area contributed by atoms with Gasteiger partial charge in [-0.2, -0.15) is 0 Å². The highest BCUT2D eigenvalue weighted by atomic mass is 32.2. The van der Waals surface area contributed by atoms with Gasteiger partial charge in [-0.15, -0.1) is 0 Å². The van der Waals surface area contributed by atoms with Crippen LogP contribution in [0.5, 0.6) is 5.75 Å². The van der Waals surface area contributed by atoms with Gasteiger partial charge in [-0.3, -0.25) is 19.6 Å². The summed E-state index contributed by atoms with van der Waals surface area (Å²) in [7, 11) is -4.12. The Morgan fingerprint density at radius 1 is 1.04 bits per heavy atom. The fourth-order valence-corrected chi connectivity index (χ4v) is 7.15. The number of fused-ring (bicyclic) bond motifs is 1. The molecule has 4 rings (SSSR count). The molecule has 13 heteroatoms. The van der Waals surface area contributed by atoms with Crippen LogP contribution in [-0.4, -0.2) is 54.1 Å². The van der Waals surface area contributed by atoms with Crippen molar-refractivity contribution in [2.24, 2.45) is 0 Å². The molecule has 1 atom stereocenters. The Bertz CT molecular complexity index is 1820. The molecule has 1 aliphatic rings. The van der Waals surface area contributed by atoms with E-state index in [4.69, 9.17) is 10.1 Å². The second kappa shape index (κ2) is 13.8. The third-order valence-corrected chi connectivity index (χ3v) is 9.83. The predicted molar refractivity (Wildman–Crippen MR) is 174 cm³/mol. The lowest BCUT2D eigenvalue weighted by molar-refractivity contribution is -0.139. The van der Waals surface area contributed by atoms with Gasteiger partial charge in [0.05, 0.1) is 11.4 Å². The third kappa shape index (κ3) is 7.76. The molecule has 0 unspecified atom stereocenters. The Hall–Kier alpha value is -4.65. The monoisotopic (exact) mass is 651 g/mol. The Kier molecular flexibility index (Phi) is 10.2. The molecular weight excluding hydrogens is 610 g/mol. The van der Waals surface area contributed by atoms with E-state index in [-0.39, 0.29) is 42.1 Å². The zero-order valence-corrected chi connectivity index (χ0v) is 27.5. The molecule has 5 N–H and O–H groups in total. The molecule has 0 fully saturated rings. The highest BCUT2D eigenvalue weighted by molar-refractivity contribution is 7.90. The van der Waals surface area contributed by atoms with Crippen molar-refractivity contribution in [3.63, 3.8) is 0 Å². The molecule has 0 saturated heterocycles. The molecule has 246 valence electrons. The van der Waals surface area contributed by atoms with Gasteiger partial charge < -0.3 is 20.5 Å². The largest absolute Gasteiger partial charge is 0.487 e. The van der Waals surface area contributed by atoms with E-state index in [1.807, 2.05) is 51.1 Å². The smallest absolute Gasteiger partial charge is 0.326 e. The maximum absolute atomic E-state index is 13.4. The fourth-order valence-electron chi connectivity index (χ4n) is 5.63. The number of nitrogens with zero attached hydrogens (tertiary/aromatic N) is 1. The molecule has 3 aromatic rings. The number of guanidine groups is 1. The lowest BCUT2D eigenvalue weighted by Crippen LogP contribution is -2.44. The molecule has 1 aliphatic heterocycles. The van der Waals surface area contributed by atoms with E-state index >= 15 is 0 Å². The van der Waals surface area contributed by atoms with Crippen molar-refractivity contribution in [1.29, 1.82) is 5.41 Å². The number of carbonyl (C=O) groups excluding carboxylic acids is 1. The minimum atomic E-state index is -4.12. The van der Waals surface area contributed by atoms with E-state index in [2.05, 4.69) is 15.4 Å². The molecule has 46 heavy (non-hydrogen) atoms. The topological polar surface area (TPSA) is 180 Å². The van der Waals surface area contributed by atoms with E-state index in [1.54, 1.807) is 13.8 Å². The van der Waals surface area contributed by atoms with Gasteiger partial charge >= 0.3 is 5.97 Å². The van der Waals surface area contributed by atoms with Crippen molar-refractivity contribution in [2.75, 3.05) is 6.54 Å². The van der Waals surface area contributed by atoms with Gasteiger partial charge in [0.2, 0.25) is 5.96 Å². The van der Waals surface area contributed by atoms with Crippen LogP contribution in [0, 0.1) is 26.2 Å². The van der Waals surface area contributed by atoms with Crippen LogP contribution in [0.3, 0.4) is 0 Å². The number of carbonyl (C=O) groups is 2. The number of amides is 1. The van der Waals surface area contributed by atoms with Crippen molar-refractivity contribution in [1.82, 2.24) is 19.9 Å². The number of hydrogen-bond acceptors (Lipinski definition) is 7. The van der Waals surface area contributed by atoms with Crippen LogP contribution in [0.1, 0.15) is 71.4 Å². The predicted octanol–water partition coefficient (Wildman–Crippen LogP) is 3.39. The normalized spacial score (nSPS) is 14.4. The number of hydrogen-bond donors (Lipinski definition) is 5. The summed E-state index contributed by atoms with van der Waals surface area (Å²) >= 11 is 0. The van der Waals surface area contributed by atoms with Gasteiger partial charge in [-0.05, 0) is 94.2 Å². The molecule has 2 aromatic carbocycles. The van der Waals surface area contributed by atoms with Crippen molar-refractivity contribution in [3.05, 3.63) is 92.4 Å². The number of pyridine rings is 1. The molecule has 0 radical (unpaired) electrons. The molecule has 0 saturated carbocycles. The number of aliphatic carboxylic acids is 1. The number of nitrogens with one attached hydrogen (secondary N) is 4. The van der Waals surface area contributed by atoms with Gasteiger partial charge in [0, 0.05) is 12.6 Å². The second-order valence-electron chi connectivity index (χ2n) is 12.1. The summed E-state index contributed by atoms with van der Waals surface area (Å²) in [5.41, 5.74) is 2.78. The second-order valence-corrected chi connectivity index (χ2v) is 13.7. The van der Waals surface area contributed by atoms with Crippen LogP contribution < -0.4 is 25.7 Å². The summed E-state index contributed by atoms with van der Waals surface area (Å²) in [6, 6.07) is 12.0. The van der Waals surface area contributed by atoms with Gasteiger partial charge in [-0.1, -0.05) is 36.4 Å².